The molecule has 5 heteroatoms. The first kappa shape index (κ1) is 13.5. The average molecular weight is 299 g/mol. The van der Waals surface area contributed by atoms with Crippen LogP contribution in [0.15, 0.2) is 36.7 Å². The summed E-state index contributed by atoms with van der Waals surface area (Å²) in [5, 5.41) is 3.18. The van der Waals surface area contributed by atoms with Gasteiger partial charge in [-0.15, -0.1) is 0 Å². The van der Waals surface area contributed by atoms with E-state index in [1.165, 1.54) is 12.1 Å². The Morgan fingerprint density at radius 1 is 1.32 bits per heavy atom. The van der Waals surface area contributed by atoms with Crippen molar-refractivity contribution in [3.63, 3.8) is 0 Å². The molecule has 1 atom stereocenters. The van der Waals surface area contributed by atoms with Crippen molar-refractivity contribution in [2.24, 2.45) is 0 Å². The van der Waals surface area contributed by atoms with E-state index in [0.29, 0.717) is 0 Å². The standard InChI is InChI=1S/C17H18FN3O/c18-13-3-1-12(2-4-13)17(7-8-17)16(22)20-14-5-6-15-19-9-10-21(15)11-14/h1-4,9-10,14H,5-8,11H2,(H,20,22). The molecule has 1 aromatic heterocycles. The molecule has 1 aliphatic carbocycles. The number of benzene rings is 1. The minimum atomic E-state index is -0.442. The maximum absolute atomic E-state index is 13.1. The van der Waals surface area contributed by atoms with Crippen molar-refractivity contribution in [3.05, 3.63) is 53.9 Å². The van der Waals surface area contributed by atoms with E-state index >= 15 is 0 Å². The molecule has 0 saturated heterocycles. The number of fused-ring (bicyclic) bond motifs is 1. The van der Waals surface area contributed by atoms with Crippen LogP contribution in [-0.2, 0) is 23.2 Å². The van der Waals surface area contributed by atoms with Crippen molar-refractivity contribution < 1.29 is 9.18 Å². The fraction of sp³-hybridized carbons (Fsp3) is 0.412. The van der Waals surface area contributed by atoms with Crippen LogP contribution in [0.25, 0.3) is 0 Å². The van der Waals surface area contributed by atoms with E-state index in [1.54, 1.807) is 18.3 Å². The monoisotopic (exact) mass is 299 g/mol. The maximum atomic E-state index is 13.1. The minimum absolute atomic E-state index is 0.0765. The molecule has 0 bridgehead atoms. The molecule has 1 aliphatic heterocycles. The lowest BCUT2D eigenvalue weighted by atomic mass is 9.94. The summed E-state index contributed by atoms with van der Waals surface area (Å²) in [7, 11) is 0. The van der Waals surface area contributed by atoms with E-state index in [0.717, 1.165) is 43.6 Å². The third kappa shape index (κ3) is 2.21. The largest absolute Gasteiger partial charge is 0.351 e. The predicted molar refractivity (Wildman–Crippen MR) is 79.8 cm³/mol. The first-order valence-corrected chi connectivity index (χ1v) is 7.74. The number of aromatic nitrogens is 2. The van der Waals surface area contributed by atoms with Crippen LogP contribution in [0.3, 0.4) is 0 Å². The van der Waals surface area contributed by atoms with Crippen LogP contribution in [0, 0.1) is 5.82 Å². The zero-order valence-corrected chi connectivity index (χ0v) is 12.3. The molecular weight excluding hydrogens is 281 g/mol. The van der Waals surface area contributed by atoms with Crippen LogP contribution in [0.2, 0.25) is 0 Å². The number of nitrogens with zero attached hydrogens (tertiary/aromatic N) is 2. The molecule has 1 amide bonds. The molecular formula is C17H18FN3O. The molecule has 2 aromatic rings. The molecule has 1 fully saturated rings. The second-order valence-electron chi connectivity index (χ2n) is 6.29. The molecule has 1 unspecified atom stereocenters. The Balaban J connectivity index is 1.47. The van der Waals surface area contributed by atoms with E-state index < -0.39 is 5.41 Å². The zero-order valence-electron chi connectivity index (χ0n) is 12.3. The Morgan fingerprint density at radius 3 is 2.82 bits per heavy atom. The lowest BCUT2D eigenvalue weighted by molar-refractivity contribution is -0.124. The predicted octanol–water partition coefficient (Wildman–Crippen LogP) is 2.18. The van der Waals surface area contributed by atoms with Gasteiger partial charge in [0.2, 0.25) is 5.91 Å². The topological polar surface area (TPSA) is 46.9 Å². The summed E-state index contributed by atoms with van der Waals surface area (Å²) in [6.07, 6.45) is 7.26. The van der Waals surface area contributed by atoms with E-state index in [9.17, 15) is 9.18 Å². The van der Waals surface area contributed by atoms with Crippen molar-refractivity contribution in [1.82, 2.24) is 14.9 Å². The smallest absolute Gasteiger partial charge is 0.230 e. The first-order valence-electron chi connectivity index (χ1n) is 7.74. The van der Waals surface area contributed by atoms with Crippen molar-refractivity contribution in [2.75, 3.05) is 0 Å². The summed E-state index contributed by atoms with van der Waals surface area (Å²) in [6.45, 7) is 0.778. The maximum Gasteiger partial charge on any atom is 0.230 e. The molecule has 4 rings (SSSR count). The molecule has 114 valence electrons. The number of halogens is 1. The number of nitrogens with one attached hydrogen (secondary N) is 1. The third-order valence-electron chi connectivity index (χ3n) is 4.85. The summed E-state index contributed by atoms with van der Waals surface area (Å²) < 4.78 is 15.2. The highest BCUT2D eigenvalue weighted by Crippen LogP contribution is 2.48. The minimum Gasteiger partial charge on any atom is -0.351 e. The van der Waals surface area contributed by atoms with E-state index in [-0.39, 0.29) is 17.8 Å². The van der Waals surface area contributed by atoms with Gasteiger partial charge in [-0.1, -0.05) is 12.1 Å². The first-order chi connectivity index (χ1) is 10.7. The Labute approximate surface area is 128 Å². The van der Waals surface area contributed by atoms with Gasteiger partial charge in [0.05, 0.1) is 5.41 Å². The summed E-state index contributed by atoms with van der Waals surface area (Å²) in [6, 6.07) is 6.47. The van der Waals surface area contributed by atoms with E-state index in [4.69, 9.17) is 0 Å². The van der Waals surface area contributed by atoms with Gasteiger partial charge in [-0.2, -0.15) is 0 Å². The number of hydrogen-bond acceptors (Lipinski definition) is 2. The highest BCUT2D eigenvalue weighted by molar-refractivity contribution is 5.91. The molecule has 2 heterocycles. The Bertz CT molecular complexity index is 703. The molecule has 1 aromatic carbocycles. The van der Waals surface area contributed by atoms with Crippen molar-refractivity contribution in [2.45, 2.75) is 43.7 Å². The summed E-state index contributed by atoms with van der Waals surface area (Å²) in [5.41, 5.74) is 0.480. The zero-order chi connectivity index (χ0) is 15.2. The fourth-order valence-corrected chi connectivity index (χ4v) is 3.35. The van der Waals surface area contributed by atoms with Crippen molar-refractivity contribution in [1.29, 1.82) is 0 Å². The Hall–Kier alpha value is -2.17. The van der Waals surface area contributed by atoms with Crippen LogP contribution in [0.1, 0.15) is 30.7 Å². The van der Waals surface area contributed by atoms with Crippen LogP contribution < -0.4 is 5.32 Å². The number of aryl methyl sites for hydroxylation is 1. The molecule has 2 aliphatic rings. The van der Waals surface area contributed by atoms with Crippen LogP contribution >= 0.6 is 0 Å². The van der Waals surface area contributed by atoms with Gasteiger partial charge in [-0.05, 0) is 37.0 Å². The SMILES string of the molecule is O=C(NC1CCc2nccn2C1)C1(c2ccc(F)cc2)CC1. The quantitative estimate of drug-likeness (QED) is 0.944. The number of carbonyl (C=O) groups is 1. The summed E-state index contributed by atoms with van der Waals surface area (Å²) in [4.78, 5) is 17.0. The lowest BCUT2D eigenvalue weighted by Crippen LogP contribution is -2.45. The van der Waals surface area contributed by atoms with Gasteiger partial charge >= 0.3 is 0 Å². The van der Waals surface area contributed by atoms with E-state index in [2.05, 4.69) is 14.9 Å². The lowest BCUT2D eigenvalue weighted by Gasteiger charge is -2.27. The van der Waals surface area contributed by atoms with Crippen LogP contribution in [0.4, 0.5) is 4.39 Å². The normalized spacial score (nSPS) is 22.0. The number of hydrogen-bond donors (Lipinski definition) is 1. The second kappa shape index (κ2) is 4.93. The van der Waals surface area contributed by atoms with Crippen molar-refractivity contribution >= 4 is 5.91 Å². The number of amides is 1. The highest BCUT2D eigenvalue weighted by Gasteiger charge is 2.51. The molecule has 22 heavy (non-hydrogen) atoms. The summed E-state index contributed by atoms with van der Waals surface area (Å²) in [5.74, 6) is 0.901. The number of carbonyl (C=O) groups excluding carboxylic acids is 1. The molecule has 1 N–H and O–H groups in total. The number of imidazole rings is 1. The fourth-order valence-electron chi connectivity index (χ4n) is 3.35. The van der Waals surface area contributed by atoms with Crippen LogP contribution in [0.5, 0.6) is 0 Å². The highest BCUT2D eigenvalue weighted by atomic mass is 19.1. The van der Waals surface area contributed by atoms with Gasteiger partial charge in [-0.3, -0.25) is 4.79 Å². The van der Waals surface area contributed by atoms with Crippen LogP contribution in [-0.4, -0.2) is 21.5 Å². The average Bonchev–Trinajstić information content (AvgIpc) is 3.20. The van der Waals surface area contributed by atoms with Gasteiger partial charge in [0.1, 0.15) is 11.6 Å². The second-order valence-corrected chi connectivity index (χ2v) is 6.29. The van der Waals surface area contributed by atoms with Gasteiger partial charge in [-0.25, -0.2) is 9.37 Å². The summed E-state index contributed by atoms with van der Waals surface area (Å²) >= 11 is 0. The van der Waals surface area contributed by atoms with Crippen molar-refractivity contribution in [3.8, 4) is 0 Å². The van der Waals surface area contributed by atoms with Gasteiger partial charge in [0.15, 0.2) is 0 Å². The third-order valence-corrected chi connectivity index (χ3v) is 4.85. The molecule has 0 radical (unpaired) electrons. The van der Waals surface area contributed by atoms with Gasteiger partial charge in [0.25, 0.3) is 0 Å². The van der Waals surface area contributed by atoms with E-state index in [1.807, 2.05) is 6.20 Å². The molecule has 1 saturated carbocycles. The number of rotatable bonds is 3. The van der Waals surface area contributed by atoms with Gasteiger partial charge in [0, 0.05) is 31.4 Å². The molecule has 0 spiro atoms. The Morgan fingerprint density at radius 2 is 2.09 bits per heavy atom. The molecule has 4 nitrogen and oxygen atoms in total. The Kier molecular flexibility index (Phi) is 3.03. The van der Waals surface area contributed by atoms with Gasteiger partial charge < -0.3 is 9.88 Å².